The number of carbonyl (C=O) groups is 2. The zero-order valence-corrected chi connectivity index (χ0v) is 33.0. The third-order valence-electron chi connectivity index (χ3n) is 9.07. The Morgan fingerprint density at radius 1 is 0.643 bits per heavy atom. The molecule has 20 heteroatoms. The molecule has 0 saturated carbocycles. The molecule has 2 amide bonds. The second kappa shape index (κ2) is 22.7. The predicted molar refractivity (Wildman–Crippen MR) is 196 cm³/mol. The van der Waals surface area contributed by atoms with E-state index in [9.17, 15) is 30.0 Å². The summed E-state index contributed by atoms with van der Waals surface area (Å²) in [7, 11) is 2.74. The van der Waals surface area contributed by atoms with Crippen molar-refractivity contribution in [1.82, 2.24) is 4.90 Å². The van der Waals surface area contributed by atoms with Crippen molar-refractivity contribution in [3.63, 3.8) is 0 Å². The van der Waals surface area contributed by atoms with E-state index >= 15 is 0 Å². The smallest absolute Gasteiger partial charge is 0.262 e. The van der Waals surface area contributed by atoms with Crippen LogP contribution in [0.2, 0.25) is 0 Å². The highest BCUT2D eigenvalue weighted by Gasteiger charge is 2.53. The molecule has 3 heterocycles. The van der Waals surface area contributed by atoms with Crippen molar-refractivity contribution in [2.24, 2.45) is 17.2 Å². The number of aliphatic hydroxyl groups is 4. The summed E-state index contributed by atoms with van der Waals surface area (Å²) in [4.78, 5) is 26.6. The molecule has 20 nitrogen and oxygen atoms in total. The Bertz CT molecular complexity index is 1300. The second-order valence-electron chi connectivity index (χ2n) is 14.0. The Morgan fingerprint density at radius 3 is 1.50 bits per heavy atom. The van der Waals surface area contributed by atoms with Gasteiger partial charge < -0.3 is 85.0 Å². The van der Waals surface area contributed by atoms with Gasteiger partial charge in [-0.2, -0.15) is 0 Å². The van der Waals surface area contributed by atoms with Gasteiger partial charge in [-0.1, -0.05) is 12.1 Å². The normalized spacial score (nSPS) is 29.6. The second-order valence-corrected chi connectivity index (χ2v) is 14.0. The zero-order chi connectivity index (χ0) is 41.6. The van der Waals surface area contributed by atoms with Gasteiger partial charge in [0.1, 0.15) is 42.7 Å². The number of rotatable bonds is 21. The van der Waals surface area contributed by atoms with E-state index in [0.29, 0.717) is 46.1 Å². The number of nitrogens with two attached hydrogens (primary N) is 3. The van der Waals surface area contributed by atoms with Crippen molar-refractivity contribution in [3.8, 4) is 0 Å². The molecule has 10 atom stereocenters. The maximum absolute atomic E-state index is 12.9. The average molecular weight is 807 g/mol. The number of aliphatic hydroxyl groups excluding tert-OH is 4. The summed E-state index contributed by atoms with van der Waals surface area (Å²) < 4.78 is 54.7. The SMILES string of the molecule is COC1OC(COC(C)(C)OCCOCCN)C(O)C(O)C1N.COC1OC(COC(C)(C)OCCOCCN)C(O)C(O)C1N1C(=O)c2ccccc2C1=O. The zero-order valence-electron chi connectivity index (χ0n) is 33.0. The first kappa shape index (κ1) is 48.1. The van der Waals surface area contributed by atoms with Crippen LogP contribution in [0, 0.1) is 0 Å². The molecule has 0 aromatic heterocycles. The fraction of sp³-hybridized carbons (Fsp3) is 0.778. The summed E-state index contributed by atoms with van der Waals surface area (Å²) >= 11 is 0. The molecule has 322 valence electrons. The number of carbonyl (C=O) groups excluding carboxylic acids is 2. The number of fused-ring (bicyclic) bond motifs is 1. The molecule has 2 saturated heterocycles. The monoisotopic (exact) mass is 806 g/mol. The van der Waals surface area contributed by atoms with Gasteiger partial charge in [0.25, 0.3) is 11.8 Å². The van der Waals surface area contributed by atoms with Crippen molar-refractivity contribution in [3.05, 3.63) is 35.4 Å². The van der Waals surface area contributed by atoms with Crippen LogP contribution in [0.4, 0.5) is 0 Å². The molecule has 56 heavy (non-hydrogen) atoms. The number of methoxy groups -OCH3 is 2. The Morgan fingerprint density at radius 2 is 1.07 bits per heavy atom. The molecule has 0 spiro atoms. The minimum absolute atomic E-state index is 0.0153. The van der Waals surface area contributed by atoms with Crippen LogP contribution in [0.3, 0.4) is 0 Å². The van der Waals surface area contributed by atoms with Crippen molar-refractivity contribution in [2.75, 3.05) is 80.2 Å². The maximum Gasteiger partial charge on any atom is 0.262 e. The van der Waals surface area contributed by atoms with Gasteiger partial charge in [0.15, 0.2) is 24.2 Å². The summed E-state index contributed by atoms with van der Waals surface area (Å²) in [6.45, 7) is 9.89. The maximum atomic E-state index is 12.9. The Balaban J connectivity index is 0.000000322. The van der Waals surface area contributed by atoms with Crippen LogP contribution in [0.25, 0.3) is 0 Å². The van der Waals surface area contributed by atoms with Gasteiger partial charge in [-0.05, 0) is 39.8 Å². The van der Waals surface area contributed by atoms with Gasteiger partial charge in [-0.15, -0.1) is 0 Å². The lowest BCUT2D eigenvalue weighted by atomic mass is 9.95. The first-order valence-electron chi connectivity index (χ1n) is 18.5. The topological polar surface area (TPSA) is 289 Å². The molecule has 1 aromatic carbocycles. The Kier molecular flexibility index (Phi) is 19.5. The number of ether oxygens (including phenoxy) is 10. The number of hydrogen-bond donors (Lipinski definition) is 7. The van der Waals surface area contributed by atoms with Crippen LogP contribution < -0.4 is 17.2 Å². The van der Waals surface area contributed by atoms with Crippen LogP contribution in [0.15, 0.2) is 24.3 Å². The molecule has 1 aromatic rings. The fourth-order valence-electron chi connectivity index (χ4n) is 6.02. The lowest BCUT2D eigenvalue weighted by Crippen LogP contribution is -2.65. The number of nitrogens with zero attached hydrogens (tertiary/aromatic N) is 1. The van der Waals surface area contributed by atoms with Gasteiger partial charge in [0, 0.05) is 27.3 Å². The lowest BCUT2D eigenvalue weighted by Gasteiger charge is -2.45. The van der Waals surface area contributed by atoms with Crippen LogP contribution >= 0.6 is 0 Å². The Labute approximate surface area is 327 Å². The number of benzene rings is 1. The highest BCUT2D eigenvalue weighted by molar-refractivity contribution is 6.21. The van der Waals surface area contributed by atoms with Crippen LogP contribution in [0.1, 0.15) is 48.4 Å². The van der Waals surface area contributed by atoms with Gasteiger partial charge in [0.05, 0.1) is 70.0 Å². The van der Waals surface area contributed by atoms with Gasteiger partial charge in [-0.3, -0.25) is 14.5 Å². The van der Waals surface area contributed by atoms with Gasteiger partial charge in [-0.25, -0.2) is 0 Å². The standard InChI is InChI=1S/C22H32N2O9.C14H30N2O7/c1-22(2,31-11-10-30-9-8-23)32-12-15-17(25)18(26)16(21(29-3)33-15)24-19(27)13-6-4-5-7-14(13)20(24)28;1-14(2,21-7-6-20-5-4-15)22-8-9-11(17)12(18)10(16)13(19-3)23-9/h4-7,15-18,21,25-26H,8-12,23H2,1-3H3;9-13,17-18H,4-8,15-16H2,1-3H3. The number of hydrogen-bond acceptors (Lipinski definition) is 19. The van der Waals surface area contributed by atoms with Crippen LogP contribution in [-0.2, 0) is 47.4 Å². The van der Waals surface area contributed by atoms with E-state index in [1.54, 1.807) is 39.8 Å². The van der Waals surface area contributed by atoms with E-state index in [4.69, 9.17) is 64.6 Å². The molecule has 0 bridgehead atoms. The minimum atomic E-state index is -1.52. The fourth-order valence-corrected chi connectivity index (χ4v) is 6.02. The molecule has 10 unspecified atom stereocenters. The van der Waals surface area contributed by atoms with Crippen LogP contribution in [0.5, 0.6) is 0 Å². The Hall–Kier alpha value is -2.32. The summed E-state index contributed by atoms with van der Waals surface area (Å²) in [5.41, 5.74) is 16.8. The van der Waals surface area contributed by atoms with E-state index in [1.165, 1.54) is 26.4 Å². The summed E-state index contributed by atoms with van der Waals surface area (Å²) in [6, 6.07) is 4.29. The van der Waals surface area contributed by atoms with E-state index in [2.05, 4.69) is 0 Å². The minimum Gasteiger partial charge on any atom is -0.388 e. The first-order valence-corrected chi connectivity index (χ1v) is 18.5. The third-order valence-corrected chi connectivity index (χ3v) is 9.07. The molecular formula is C36H62N4O16. The molecule has 10 N–H and O–H groups in total. The van der Waals surface area contributed by atoms with Crippen molar-refractivity contribution in [1.29, 1.82) is 0 Å². The van der Waals surface area contributed by atoms with Crippen molar-refractivity contribution >= 4 is 11.8 Å². The van der Waals surface area contributed by atoms with Crippen molar-refractivity contribution < 1.29 is 77.4 Å². The highest BCUT2D eigenvalue weighted by atomic mass is 16.7. The quantitative estimate of drug-likeness (QED) is 0.0389. The molecule has 4 rings (SSSR count). The number of imide groups is 1. The van der Waals surface area contributed by atoms with E-state index in [1.807, 2.05) is 0 Å². The molecule has 3 aliphatic rings. The van der Waals surface area contributed by atoms with Gasteiger partial charge in [0.2, 0.25) is 0 Å². The van der Waals surface area contributed by atoms with E-state index < -0.39 is 84.7 Å². The average Bonchev–Trinajstić information content (AvgIpc) is 3.42. The third kappa shape index (κ3) is 13.1. The first-order chi connectivity index (χ1) is 26.5. The summed E-state index contributed by atoms with van der Waals surface area (Å²) in [5, 5.41) is 41.5. The van der Waals surface area contributed by atoms with Crippen molar-refractivity contribution in [2.45, 2.75) is 101 Å². The van der Waals surface area contributed by atoms with E-state index in [0.717, 1.165) is 4.90 Å². The predicted octanol–water partition coefficient (Wildman–Crippen LogP) is -2.36. The van der Waals surface area contributed by atoms with E-state index in [-0.39, 0.29) is 30.9 Å². The molecule has 2 fully saturated rings. The van der Waals surface area contributed by atoms with Crippen LogP contribution in [-0.4, -0.2) is 190 Å². The highest BCUT2D eigenvalue weighted by Crippen LogP contribution is 2.33. The largest absolute Gasteiger partial charge is 0.388 e. The molecular weight excluding hydrogens is 744 g/mol. The summed E-state index contributed by atoms with van der Waals surface area (Å²) in [6.07, 6.45) is -9.04. The lowest BCUT2D eigenvalue weighted by molar-refractivity contribution is -0.295. The molecule has 0 radical (unpaired) electrons. The molecule has 3 aliphatic heterocycles. The molecule has 0 aliphatic carbocycles. The van der Waals surface area contributed by atoms with Gasteiger partial charge >= 0.3 is 0 Å². The summed E-state index contributed by atoms with van der Waals surface area (Å²) in [5.74, 6) is -3.10. The number of amides is 2.